The number of hydrogen-bond acceptors (Lipinski definition) is 8. The quantitative estimate of drug-likeness (QED) is 0.497. The van der Waals surface area contributed by atoms with Crippen LogP contribution in [0.15, 0.2) is 35.8 Å². The van der Waals surface area contributed by atoms with Crippen LogP contribution in [0.3, 0.4) is 0 Å². The van der Waals surface area contributed by atoms with Gasteiger partial charge in [-0.05, 0) is 59.8 Å². The average molecular weight is 423 g/mol. The van der Waals surface area contributed by atoms with E-state index in [1.54, 1.807) is 41.5 Å². The van der Waals surface area contributed by atoms with Crippen LogP contribution in [-0.2, 0) is 28.5 Å². The zero-order valence-electron chi connectivity index (χ0n) is 18.6. The molecule has 2 amide bonds. The monoisotopic (exact) mass is 423 g/mol. The van der Waals surface area contributed by atoms with Crippen molar-refractivity contribution in [1.82, 2.24) is 4.90 Å². The van der Waals surface area contributed by atoms with E-state index >= 15 is 0 Å². The van der Waals surface area contributed by atoms with Crippen molar-refractivity contribution in [2.24, 2.45) is 5.92 Å². The molecule has 1 unspecified atom stereocenters. The third-order valence-electron chi connectivity index (χ3n) is 3.38. The van der Waals surface area contributed by atoms with E-state index in [-0.39, 0.29) is 11.5 Å². The van der Waals surface area contributed by atoms with Crippen LogP contribution in [0.5, 0.6) is 0 Å². The molecule has 0 radical (unpaired) electrons. The number of rotatable bonds is 3. The van der Waals surface area contributed by atoms with E-state index in [1.165, 1.54) is 31.4 Å². The topological polar surface area (TPSA) is 108 Å². The van der Waals surface area contributed by atoms with E-state index in [0.29, 0.717) is 0 Å². The fraction of sp³-hybridized carbons (Fsp3) is 0.524. The van der Waals surface area contributed by atoms with Gasteiger partial charge in [-0.15, -0.1) is 0 Å². The van der Waals surface area contributed by atoms with Crippen LogP contribution in [0.2, 0.25) is 0 Å². The molecule has 0 saturated carbocycles. The summed E-state index contributed by atoms with van der Waals surface area (Å²) in [6, 6.07) is 0. The van der Waals surface area contributed by atoms with Crippen LogP contribution in [0.25, 0.3) is 0 Å². The summed E-state index contributed by atoms with van der Waals surface area (Å²) in [5.74, 6) is -2.47. The van der Waals surface area contributed by atoms with Gasteiger partial charge < -0.3 is 18.9 Å². The second-order valence-corrected chi connectivity index (χ2v) is 8.42. The Morgan fingerprint density at radius 1 is 0.933 bits per heavy atom. The Balaban J connectivity index is 3.32. The predicted molar refractivity (Wildman–Crippen MR) is 107 cm³/mol. The maximum atomic E-state index is 12.6. The van der Waals surface area contributed by atoms with E-state index < -0.39 is 41.2 Å². The Morgan fingerprint density at radius 2 is 1.50 bits per heavy atom. The molecule has 0 spiro atoms. The first-order valence-electron chi connectivity index (χ1n) is 9.27. The molecule has 0 bridgehead atoms. The maximum Gasteiger partial charge on any atom is 0.514 e. The van der Waals surface area contributed by atoms with Crippen LogP contribution in [-0.4, -0.2) is 47.3 Å². The van der Waals surface area contributed by atoms with Gasteiger partial charge in [-0.2, -0.15) is 0 Å². The summed E-state index contributed by atoms with van der Waals surface area (Å²) < 4.78 is 20.3. The second kappa shape index (κ2) is 9.60. The van der Waals surface area contributed by atoms with Crippen molar-refractivity contribution in [2.45, 2.75) is 59.7 Å². The van der Waals surface area contributed by atoms with Crippen molar-refractivity contribution < 1.29 is 38.1 Å². The molecule has 1 aliphatic rings. The molecule has 1 atom stereocenters. The molecular formula is C21H29NO8. The lowest BCUT2D eigenvalue weighted by atomic mass is 10.0. The molecule has 0 saturated heterocycles. The second-order valence-electron chi connectivity index (χ2n) is 8.42. The minimum absolute atomic E-state index is 0.0114. The number of nitrogens with zero attached hydrogens (tertiary/aromatic N) is 1. The van der Waals surface area contributed by atoms with E-state index in [4.69, 9.17) is 18.9 Å². The molecular weight excluding hydrogens is 394 g/mol. The highest BCUT2D eigenvalue weighted by Crippen LogP contribution is 2.26. The molecule has 0 aromatic rings. The number of amides is 2. The first-order valence-corrected chi connectivity index (χ1v) is 9.27. The zero-order chi connectivity index (χ0) is 23.3. The van der Waals surface area contributed by atoms with Crippen molar-refractivity contribution >= 4 is 24.1 Å². The van der Waals surface area contributed by atoms with Crippen LogP contribution in [0, 0.1) is 5.92 Å². The molecule has 0 aliphatic heterocycles. The van der Waals surface area contributed by atoms with Gasteiger partial charge in [-0.3, -0.25) is 9.59 Å². The van der Waals surface area contributed by atoms with Gasteiger partial charge in [0.2, 0.25) is 5.91 Å². The Morgan fingerprint density at radius 3 is 1.97 bits per heavy atom. The first-order chi connectivity index (χ1) is 13.6. The number of imide groups is 1. The highest BCUT2D eigenvalue weighted by atomic mass is 16.7. The van der Waals surface area contributed by atoms with Gasteiger partial charge in [-0.1, -0.05) is 6.08 Å². The van der Waals surface area contributed by atoms with Gasteiger partial charge >= 0.3 is 18.2 Å². The first kappa shape index (κ1) is 24.9. The maximum absolute atomic E-state index is 12.6. The number of esters is 1. The van der Waals surface area contributed by atoms with E-state index in [2.05, 4.69) is 0 Å². The van der Waals surface area contributed by atoms with Gasteiger partial charge in [0.15, 0.2) is 0 Å². The van der Waals surface area contributed by atoms with Crippen LogP contribution in [0.4, 0.5) is 9.59 Å². The summed E-state index contributed by atoms with van der Waals surface area (Å²) in [7, 11) is 1.18. The van der Waals surface area contributed by atoms with Crippen LogP contribution in [0.1, 0.15) is 48.5 Å². The lowest BCUT2D eigenvalue weighted by molar-refractivity contribution is -0.143. The lowest BCUT2D eigenvalue weighted by Gasteiger charge is -2.28. The summed E-state index contributed by atoms with van der Waals surface area (Å²) in [6.07, 6.45) is 3.45. The molecule has 0 fully saturated rings. The smallest absolute Gasteiger partial charge is 0.468 e. The molecule has 0 heterocycles. The highest BCUT2D eigenvalue weighted by molar-refractivity contribution is 5.95. The van der Waals surface area contributed by atoms with Gasteiger partial charge in [0.05, 0.1) is 12.8 Å². The minimum atomic E-state index is -1.12. The molecule has 0 N–H and O–H groups in total. The molecule has 1 aliphatic carbocycles. The molecule has 1 rings (SSSR count). The van der Waals surface area contributed by atoms with Gasteiger partial charge in [0, 0.05) is 6.92 Å². The predicted octanol–water partition coefficient (Wildman–Crippen LogP) is 3.85. The Kier molecular flexibility index (Phi) is 7.98. The fourth-order valence-corrected chi connectivity index (χ4v) is 2.31. The number of allylic oxidation sites excluding steroid dienone is 3. The SMILES string of the molecule is COC(=O)C1C=CC(OC(=O)OC(C)(C)C)=CC=C1N(C(C)=O)C(=O)OC(C)(C)C. The normalized spacial score (nSPS) is 16.5. The number of ether oxygens (including phenoxy) is 4. The standard InChI is InChI=1S/C21H29NO8/c1-13(23)22(18(25)29-20(2,3)4)16-12-10-14(9-11-15(16)17(24)27-8)28-19(26)30-21(5,6)7/h9-12,15H,1-8H3. The Hall–Kier alpha value is -3.10. The number of carbonyl (C=O) groups is 4. The van der Waals surface area contributed by atoms with Crippen molar-refractivity contribution in [3.8, 4) is 0 Å². The van der Waals surface area contributed by atoms with E-state index in [0.717, 1.165) is 11.8 Å². The van der Waals surface area contributed by atoms with Gasteiger partial charge in [-0.25, -0.2) is 14.5 Å². The summed E-state index contributed by atoms with van der Waals surface area (Å²) in [4.78, 5) is 49.9. The number of hydrogen-bond donors (Lipinski definition) is 0. The number of methoxy groups -OCH3 is 1. The minimum Gasteiger partial charge on any atom is -0.468 e. The van der Waals surface area contributed by atoms with Gasteiger partial charge in [0.25, 0.3) is 0 Å². The zero-order valence-corrected chi connectivity index (χ0v) is 18.6. The lowest BCUT2D eigenvalue weighted by Crippen LogP contribution is -2.42. The fourth-order valence-electron chi connectivity index (χ4n) is 2.31. The van der Waals surface area contributed by atoms with E-state index in [1.807, 2.05) is 0 Å². The van der Waals surface area contributed by atoms with Crippen molar-refractivity contribution in [1.29, 1.82) is 0 Å². The Labute approximate surface area is 176 Å². The molecule has 9 heteroatoms. The summed E-state index contributed by atoms with van der Waals surface area (Å²) in [6.45, 7) is 11.2. The third-order valence-corrected chi connectivity index (χ3v) is 3.38. The van der Waals surface area contributed by atoms with Crippen molar-refractivity contribution in [3.05, 3.63) is 35.8 Å². The summed E-state index contributed by atoms with van der Waals surface area (Å²) in [5.41, 5.74) is -1.64. The van der Waals surface area contributed by atoms with Gasteiger partial charge in [0.1, 0.15) is 22.9 Å². The highest BCUT2D eigenvalue weighted by Gasteiger charge is 2.35. The summed E-state index contributed by atoms with van der Waals surface area (Å²) in [5, 5.41) is 0. The Bertz CT molecular complexity index is 793. The molecule has 9 nitrogen and oxygen atoms in total. The van der Waals surface area contributed by atoms with E-state index in [9.17, 15) is 19.2 Å². The van der Waals surface area contributed by atoms with Crippen molar-refractivity contribution in [2.75, 3.05) is 7.11 Å². The average Bonchev–Trinajstić information content (AvgIpc) is 2.73. The molecule has 166 valence electrons. The van der Waals surface area contributed by atoms with Crippen LogP contribution < -0.4 is 0 Å². The molecule has 0 aromatic carbocycles. The summed E-state index contributed by atoms with van der Waals surface area (Å²) >= 11 is 0. The molecule has 30 heavy (non-hydrogen) atoms. The van der Waals surface area contributed by atoms with Crippen LogP contribution >= 0.6 is 0 Å². The van der Waals surface area contributed by atoms with Crippen molar-refractivity contribution in [3.63, 3.8) is 0 Å². The molecule has 0 aromatic heterocycles. The largest absolute Gasteiger partial charge is 0.514 e. The third kappa shape index (κ3) is 7.73. The number of carbonyl (C=O) groups excluding carboxylic acids is 4.